The normalized spacial score (nSPS) is 40.1. The van der Waals surface area contributed by atoms with E-state index in [1.54, 1.807) is 0 Å². The summed E-state index contributed by atoms with van der Waals surface area (Å²) < 4.78 is 104. The largest absolute Gasteiger partial charge is 0.472 e. The first kappa shape index (κ1) is 105. The van der Waals surface area contributed by atoms with E-state index in [1.165, 1.54) is 44.9 Å². The molecule has 0 aromatic heterocycles. The van der Waals surface area contributed by atoms with Crippen molar-refractivity contribution in [2.45, 2.75) is 408 Å². The minimum absolute atomic E-state index is 0.0411. The van der Waals surface area contributed by atoms with Gasteiger partial charge in [-0.1, -0.05) is 142 Å². The van der Waals surface area contributed by atoms with E-state index >= 15 is 0 Å². The molecule has 44 heteroatoms. The third-order valence-corrected chi connectivity index (χ3v) is 23.7. The summed E-state index contributed by atoms with van der Waals surface area (Å²) in [6.45, 7) is -2.95. The second-order valence-corrected chi connectivity index (χ2v) is 33.6. The highest BCUT2D eigenvalue weighted by atomic mass is 31.2. The molecule has 0 spiro atoms. The maximum absolute atomic E-state index is 14.5. The molecule has 0 bridgehead atoms. The lowest BCUT2D eigenvalue weighted by atomic mass is 9.84. The van der Waals surface area contributed by atoms with E-state index in [-0.39, 0.29) is 12.8 Å². The van der Waals surface area contributed by atoms with Gasteiger partial charge in [0.1, 0.15) is 190 Å². The monoisotopic (exact) mass is 1780 g/mol. The molecule has 24 N–H and O–H groups in total. The highest BCUT2D eigenvalue weighted by Gasteiger charge is 2.60. The van der Waals surface area contributed by atoms with Gasteiger partial charge >= 0.3 is 19.8 Å². The molecule has 7 aliphatic rings. The van der Waals surface area contributed by atoms with Gasteiger partial charge in [-0.25, -0.2) is 4.57 Å². The smallest absolute Gasteiger partial charge is 0.462 e. The Morgan fingerprint density at radius 2 is 0.595 bits per heavy atom. The molecule has 121 heavy (non-hydrogen) atoms. The molecule has 0 amide bonds. The predicted molar refractivity (Wildman–Crippen MR) is 408 cm³/mol. The van der Waals surface area contributed by atoms with Crippen molar-refractivity contribution in [3.05, 3.63) is 12.2 Å². The van der Waals surface area contributed by atoms with E-state index in [4.69, 9.17) is 75.4 Å². The second kappa shape index (κ2) is 53.5. The number of rotatable bonds is 53. The third-order valence-electron chi connectivity index (χ3n) is 22.7. The van der Waals surface area contributed by atoms with Crippen LogP contribution in [0.3, 0.4) is 0 Å². The van der Waals surface area contributed by atoms with Crippen LogP contribution in [0.1, 0.15) is 181 Å². The lowest BCUT2D eigenvalue weighted by Gasteiger charge is -2.49. The Hall–Kier alpha value is -2.61. The molecule has 1 saturated carbocycles. The van der Waals surface area contributed by atoms with Crippen LogP contribution in [0.5, 0.6) is 0 Å². The maximum Gasteiger partial charge on any atom is 0.472 e. The Balaban J connectivity index is 1.00. The first-order valence-corrected chi connectivity index (χ1v) is 44.1. The van der Waals surface area contributed by atoms with Crippen LogP contribution >= 0.6 is 7.82 Å². The second-order valence-electron chi connectivity index (χ2n) is 32.2. The number of phosphoric acid groups is 1. The number of hydrogen-bond donors (Lipinski definition) is 24. The molecular formula is C77H137O43P. The molecule has 0 aromatic rings. The van der Waals surface area contributed by atoms with Gasteiger partial charge in [0.2, 0.25) is 0 Å². The van der Waals surface area contributed by atoms with Crippen LogP contribution in [-0.4, -0.2) is 414 Å². The number of unbranched alkanes of at least 4 members (excludes halogenated alkanes) is 21. The number of aliphatic hydroxyl groups is 23. The number of carbonyl (C=O) groups is 2. The van der Waals surface area contributed by atoms with Gasteiger partial charge in [0.05, 0.1) is 46.2 Å². The molecule has 7 fully saturated rings. The van der Waals surface area contributed by atoms with Crippen molar-refractivity contribution in [1.82, 2.24) is 0 Å². The van der Waals surface area contributed by atoms with Gasteiger partial charge in [0, 0.05) is 12.8 Å². The zero-order chi connectivity index (χ0) is 88.8. The summed E-state index contributed by atoms with van der Waals surface area (Å²) in [5.74, 6) is -1.51. The molecule has 6 aliphatic heterocycles. The molecule has 708 valence electrons. The molecule has 7 rings (SSSR count). The van der Waals surface area contributed by atoms with Crippen LogP contribution in [-0.2, 0) is 89.5 Å². The van der Waals surface area contributed by atoms with E-state index in [2.05, 4.69) is 26.0 Å². The number of esters is 2. The molecule has 1 aliphatic carbocycles. The Morgan fingerprint density at radius 1 is 0.322 bits per heavy atom. The van der Waals surface area contributed by atoms with Crippen LogP contribution in [0.25, 0.3) is 0 Å². The van der Waals surface area contributed by atoms with Crippen molar-refractivity contribution in [2.24, 2.45) is 0 Å². The lowest BCUT2D eigenvalue weighted by molar-refractivity contribution is -0.365. The van der Waals surface area contributed by atoms with Crippen LogP contribution in [0.2, 0.25) is 0 Å². The Kier molecular flexibility index (Phi) is 46.6. The zero-order valence-corrected chi connectivity index (χ0v) is 69.4. The standard InChI is InChI=1S/C77H137O43P/c1-3-5-7-9-11-13-15-16-17-18-20-21-23-25-27-29-46(80)105-33-39(111-47(81)30-28-26-24-22-19-14-12-10-8-6-4-2)34-110-121(103,104)120-71-69(118-76-67(101)55(89)49(83)41(32-79)113-76)61(95)60(94)62(96)70(71)119-77-68(102)59(93)53(87)45(117-77)38-109-75-66(100)58(92)52(86)44(116-75)37-108-74-65(99)57(91)51(85)43(115-74)36-107-73-64(98)56(90)50(84)42(114-73)35-106-72-63(97)54(88)48(82)40(31-78)112-72/h16-17,39-45,48-79,82-102H,3-15,18-38H2,1-2H3,(H,103,104)/b17-16-/t39-,40?,41?,42?,43?,44?,45?,48+,49-,50+,51+,52+,53+,54?,55?,56?,57?,58?,59?,60+,61?,62?,63+,64+,65+,66+,67-,68+,69-,70?,71+,72-,73-,74-,75-,76-,77+/m1/s1. The number of phosphoric ester groups is 1. The molecule has 43 nitrogen and oxygen atoms in total. The van der Waals surface area contributed by atoms with Gasteiger partial charge in [-0.15, -0.1) is 0 Å². The van der Waals surface area contributed by atoms with E-state index < -0.39 is 300 Å². The fourth-order valence-electron chi connectivity index (χ4n) is 15.1. The zero-order valence-electron chi connectivity index (χ0n) is 68.5. The first-order chi connectivity index (χ1) is 57.7. The third kappa shape index (κ3) is 31.3. The molecule has 6 heterocycles. The van der Waals surface area contributed by atoms with Crippen molar-refractivity contribution < 1.29 is 212 Å². The first-order valence-electron chi connectivity index (χ1n) is 42.6. The topological polar surface area (TPSA) is 684 Å². The maximum atomic E-state index is 14.5. The van der Waals surface area contributed by atoms with Gasteiger partial charge < -0.3 is 189 Å². The molecular weight excluding hydrogens is 1640 g/mol. The summed E-state index contributed by atoms with van der Waals surface area (Å²) in [4.78, 5) is 38.3. The van der Waals surface area contributed by atoms with Gasteiger partial charge in [-0.3, -0.25) is 18.6 Å². The number of allylic oxidation sites excluding steroid dienone is 2. The van der Waals surface area contributed by atoms with Crippen LogP contribution in [0.4, 0.5) is 0 Å². The summed E-state index contributed by atoms with van der Waals surface area (Å²) in [6, 6.07) is 0. The van der Waals surface area contributed by atoms with E-state index in [0.29, 0.717) is 25.7 Å². The van der Waals surface area contributed by atoms with Crippen molar-refractivity contribution in [3.63, 3.8) is 0 Å². The Morgan fingerprint density at radius 3 is 0.934 bits per heavy atom. The summed E-state index contributed by atoms with van der Waals surface area (Å²) in [7, 11) is -5.88. The van der Waals surface area contributed by atoms with Gasteiger partial charge in [-0.2, -0.15) is 0 Å². The lowest BCUT2D eigenvalue weighted by Crippen LogP contribution is -2.69. The van der Waals surface area contributed by atoms with Crippen molar-refractivity contribution >= 4 is 19.8 Å². The minimum atomic E-state index is -5.88. The fourth-order valence-corrected chi connectivity index (χ4v) is 16.0. The number of ether oxygens (including phenoxy) is 14. The molecule has 16 unspecified atom stereocenters. The Labute approximate surface area is 701 Å². The summed E-state index contributed by atoms with van der Waals surface area (Å²) in [5.41, 5.74) is 0. The number of hydrogen-bond acceptors (Lipinski definition) is 42. The molecule has 0 radical (unpaired) electrons. The van der Waals surface area contributed by atoms with Crippen LogP contribution in [0, 0.1) is 0 Å². The van der Waals surface area contributed by atoms with Gasteiger partial charge in [-0.05, 0) is 38.5 Å². The average molecular weight is 1780 g/mol. The molecule has 0 aromatic carbocycles. The van der Waals surface area contributed by atoms with Crippen LogP contribution < -0.4 is 0 Å². The van der Waals surface area contributed by atoms with E-state index in [9.17, 15) is 136 Å². The van der Waals surface area contributed by atoms with Crippen LogP contribution in [0.15, 0.2) is 12.2 Å². The Bertz CT molecular complexity index is 2940. The molecule has 38 atom stereocenters. The van der Waals surface area contributed by atoms with E-state index in [0.717, 1.165) is 83.5 Å². The molecule has 6 saturated heterocycles. The van der Waals surface area contributed by atoms with Crippen molar-refractivity contribution in [1.29, 1.82) is 0 Å². The number of aliphatic hydroxyl groups excluding tert-OH is 23. The number of carbonyl (C=O) groups excluding carboxylic acids is 2. The van der Waals surface area contributed by atoms with Gasteiger partial charge in [0.15, 0.2) is 43.8 Å². The average Bonchev–Trinajstić information content (AvgIpc) is 0.757. The highest BCUT2D eigenvalue weighted by Crippen LogP contribution is 2.49. The minimum Gasteiger partial charge on any atom is -0.462 e. The fraction of sp³-hybridized carbons (Fsp3) is 0.948. The predicted octanol–water partition coefficient (Wildman–Crippen LogP) is -5.55. The van der Waals surface area contributed by atoms with Crippen molar-refractivity contribution in [3.8, 4) is 0 Å². The quantitative estimate of drug-likeness (QED) is 0.0117. The summed E-state index contributed by atoms with van der Waals surface area (Å²) in [5, 5.41) is 250. The van der Waals surface area contributed by atoms with E-state index in [1.807, 2.05) is 0 Å². The summed E-state index contributed by atoms with van der Waals surface area (Å²) in [6.07, 6.45) is -48.9. The van der Waals surface area contributed by atoms with Gasteiger partial charge in [0.25, 0.3) is 0 Å². The highest BCUT2D eigenvalue weighted by molar-refractivity contribution is 7.47. The van der Waals surface area contributed by atoms with Crippen molar-refractivity contribution in [2.75, 3.05) is 52.9 Å². The summed E-state index contributed by atoms with van der Waals surface area (Å²) >= 11 is 0. The SMILES string of the molecule is CCCCCCCC/C=C\CCCCCCCC(=O)OC[C@H](COP(=O)(O)O[C@@H]1C(O[C@@H]2OC(CO[C@@H]3OC(CO[C@@H]4OC(CO[C@@H]5OC(CO[C@@H]6OC(CO)[C@H](O)C(O)[C@@H]6O)[C@H](O)C(O)[C@@H]5O)[C@H](O)C(O)[C@@H]4O)[C@H](O)C(O)[C@@H]3O)[C@H](O)C(O)[C@@H]2O)C(O)[C@@H](O)C(O)[C@H]1O[C@H]1OC(CO)[C@@H](O)C(O)[C@H]1O)OC(=O)CCCCCCCCCCCCC.